The van der Waals surface area contributed by atoms with E-state index in [4.69, 9.17) is 9.47 Å². The van der Waals surface area contributed by atoms with E-state index in [1.54, 1.807) is 12.1 Å². The van der Waals surface area contributed by atoms with Gasteiger partial charge in [0, 0.05) is 42.8 Å². The molecule has 0 saturated carbocycles. The van der Waals surface area contributed by atoms with Crippen LogP contribution in [0.2, 0.25) is 0 Å². The maximum Gasteiger partial charge on any atom is 0.240 e. The van der Waals surface area contributed by atoms with Gasteiger partial charge < -0.3 is 18.9 Å². The summed E-state index contributed by atoms with van der Waals surface area (Å²) in [6.45, 7) is 1.12. The van der Waals surface area contributed by atoms with Gasteiger partial charge in [-0.2, -0.15) is 0 Å². The molecule has 0 aliphatic carbocycles. The van der Waals surface area contributed by atoms with Crippen LogP contribution in [0.3, 0.4) is 0 Å². The van der Waals surface area contributed by atoms with Crippen LogP contribution in [0.25, 0.3) is 10.9 Å². The van der Waals surface area contributed by atoms with E-state index < -0.39 is 10.0 Å². The van der Waals surface area contributed by atoms with Crippen LogP contribution in [-0.4, -0.2) is 51.7 Å². The van der Waals surface area contributed by atoms with Crippen molar-refractivity contribution in [2.24, 2.45) is 7.05 Å². The molecule has 1 aliphatic rings. The number of rotatable bonds is 6. The predicted octanol–water partition coefficient (Wildman–Crippen LogP) is 2.53. The molecule has 2 aromatic carbocycles. The van der Waals surface area contributed by atoms with Gasteiger partial charge in [-0.25, -0.2) is 13.1 Å². The third-order valence-corrected chi connectivity index (χ3v) is 6.62. The minimum absolute atomic E-state index is 0.118. The summed E-state index contributed by atoms with van der Waals surface area (Å²) in [4.78, 5) is 2.19. The normalized spacial score (nSPS) is 15.0. The van der Waals surface area contributed by atoms with Gasteiger partial charge in [-0.05, 0) is 37.9 Å². The minimum atomic E-state index is -3.70. The molecule has 0 radical (unpaired) electrons. The van der Waals surface area contributed by atoms with Gasteiger partial charge in [-0.3, -0.25) is 0 Å². The molecule has 1 aliphatic heterocycles. The molecule has 0 amide bonds. The number of aromatic nitrogens is 1. The zero-order valence-electron chi connectivity index (χ0n) is 16.8. The molecule has 2 heterocycles. The van der Waals surface area contributed by atoms with Gasteiger partial charge in [0.25, 0.3) is 0 Å². The number of nitrogens with one attached hydrogen (secondary N) is 1. The summed E-state index contributed by atoms with van der Waals surface area (Å²) in [5.41, 5.74) is 2.20. The van der Waals surface area contributed by atoms with Gasteiger partial charge in [-0.1, -0.05) is 18.2 Å². The number of likely N-dealkylation sites (N-methyl/N-ethyl adjacent to an activating group) is 1. The van der Waals surface area contributed by atoms with Crippen LogP contribution in [0.4, 0.5) is 0 Å². The summed E-state index contributed by atoms with van der Waals surface area (Å²) in [6.07, 6.45) is 2.06. The molecule has 1 aromatic heterocycles. The zero-order chi connectivity index (χ0) is 20.6. The van der Waals surface area contributed by atoms with Crippen molar-refractivity contribution < 1.29 is 17.9 Å². The van der Waals surface area contributed by atoms with E-state index >= 15 is 0 Å². The number of nitrogens with zero attached hydrogens (tertiary/aromatic N) is 2. The molecule has 0 spiro atoms. The summed E-state index contributed by atoms with van der Waals surface area (Å²) in [7, 11) is 2.20. The average Bonchev–Trinajstić information content (AvgIpc) is 3.04. The highest BCUT2D eigenvalue weighted by Crippen LogP contribution is 2.33. The maximum absolute atomic E-state index is 12.9. The van der Waals surface area contributed by atoms with E-state index in [0.717, 1.165) is 16.5 Å². The molecule has 1 N–H and O–H groups in total. The smallest absolute Gasteiger partial charge is 0.240 e. The molecule has 0 unspecified atom stereocenters. The van der Waals surface area contributed by atoms with Crippen LogP contribution in [0, 0.1) is 0 Å². The largest absolute Gasteiger partial charge is 0.486 e. The van der Waals surface area contributed by atoms with Crippen molar-refractivity contribution in [3.05, 3.63) is 54.2 Å². The molecule has 1 atom stereocenters. The van der Waals surface area contributed by atoms with Crippen LogP contribution in [0.5, 0.6) is 11.5 Å². The molecule has 3 aromatic rings. The fraction of sp³-hybridized carbons (Fsp3) is 0.333. The molecular weight excluding hydrogens is 390 g/mol. The zero-order valence-corrected chi connectivity index (χ0v) is 17.6. The van der Waals surface area contributed by atoms with Crippen LogP contribution in [0.1, 0.15) is 11.6 Å². The molecule has 154 valence electrons. The highest BCUT2D eigenvalue weighted by molar-refractivity contribution is 7.89. The molecule has 0 fully saturated rings. The Labute approximate surface area is 170 Å². The van der Waals surface area contributed by atoms with Crippen molar-refractivity contribution in [2.45, 2.75) is 10.9 Å². The number of ether oxygens (including phenoxy) is 2. The first-order chi connectivity index (χ1) is 13.9. The Balaban J connectivity index is 1.59. The van der Waals surface area contributed by atoms with Crippen molar-refractivity contribution in [3.63, 3.8) is 0 Å². The summed E-state index contributed by atoms with van der Waals surface area (Å²) in [5.74, 6) is 1.02. The van der Waals surface area contributed by atoms with E-state index in [9.17, 15) is 8.42 Å². The Morgan fingerprint density at radius 2 is 1.83 bits per heavy atom. The van der Waals surface area contributed by atoms with Crippen LogP contribution < -0.4 is 14.2 Å². The van der Waals surface area contributed by atoms with E-state index in [2.05, 4.69) is 27.6 Å². The van der Waals surface area contributed by atoms with Crippen LogP contribution >= 0.6 is 0 Å². The van der Waals surface area contributed by atoms with Gasteiger partial charge in [0.2, 0.25) is 10.0 Å². The Morgan fingerprint density at radius 1 is 1.10 bits per heavy atom. The van der Waals surface area contributed by atoms with Crippen LogP contribution in [-0.2, 0) is 17.1 Å². The number of benzene rings is 2. The molecule has 0 saturated heterocycles. The number of sulfonamides is 1. The lowest BCUT2D eigenvalue weighted by Gasteiger charge is -2.25. The third-order valence-electron chi connectivity index (χ3n) is 5.20. The second-order valence-corrected chi connectivity index (χ2v) is 9.12. The van der Waals surface area contributed by atoms with E-state index in [0.29, 0.717) is 24.7 Å². The van der Waals surface area contributed by atoms with Crippen molar-refractivity contribution in [2.75, 3.05) is 33.9 Å². The second kappa shape index (κ2) is 7.70. The lowest BCUT2D eigenvalue weighted by Crippen LogP contribution is -2.34. The summed E-state index contributed by atoms with van der Waals surface area (Å²) in [6, 6.07) is 12.7. The molecule has 8 heteroatoms. The Bertz CT molecular complexity index is 1140. The molecule has 4 rings (SSSR count). The third kappa shape index (κ3) is 3.83. The maximum atomic E-state index is 12.9. The van der Waals surface area contributed by atoms with Crippen LogP contribution in [0.15, 0.2) is 53.6 Å². The van der Waals surface area contributed by atoms with Gasteiger partial charge in [0.1, 0.15) is 13.2 Å². The van der Waals surface area contributed by atoms with Gasteiger partial charge in [0.15, 0.2) is 11.5 Å². The van der Waals surface area contributed by atoms with Gasteiger partial charge in [0.05, 0.1) is 4.90 Å². The lowest BCUT2D eigenvalue weighted by atomic mass is 10.1. The number of hydrogen-bond acceptors (Lipinski definition) is 5. The second-order valence-electron chi connectivity index (χ2n) is 7.35. The molecular formula is C21H25N3O4S. The van der Waals surface area contributed by atoms with Gasteiger partial charge >= 0.3 is 0 Å². The first-order valence-corrected chi connectivity index (χ1v) is 10.9. The summed E-state index contributed by atoms with van der Waals surface area (Å²) >= 11 is 0. The summed E-state index contributed by atoms with van der Waals surface area (Å²) in [5, 5.41) is 1.12. The predicted molar refractivity (Wildman–Crippen MR) is 112 cm³/mol. The van der Waals surface area contributed by atoms with E-state index in [-0.39, 0.29) is 17.5 Å². The average molecular weight is 416 g/mol. The highest BCUT2D eigenvalue weighted by Gasteiger charge is 2.24. The first kappa shape index (κ1) is 19.8. The number of fused-ring (bicyclic) bond motifs is 2. The first-order valence-electron chi connectivity index (χ1n) is 9.46. The Hall–Kier alpha value is -2.55. The van der Waals surface area contributed by atoms with E-state index in [1.165, 1.54) is 6.07 Å². The fourth-order valence-electron chi connectivity index (χ4n) is 3.67. The summed E-state index contributed by atoms with van der Waals surface area (Å²) < 4.78 is 41.6. The quantitative estimate of drug-likeness (QED) is 0.670. The molecule has 0 bridgehead atoms. The van der Waals surface area contributed by atoms with Crippen molar-refractivity contribution in [3.8, 4) is 11.5 Å². The fourth-order valence-corrected chi connectivity index (χ4v) is 4.73. The van der Waals surface area contributed by atoms with Crippen molar-refractivity contribution >= 4 is 20.9 Å². The Kier molecular flexibility index (Phi) is 5.24. The standard InChI is InChI=1S/C21H25N3O4S/c1-23(2)19(17-14-24(3)18-7-5-4-6-16(17)18)13-22-29(25,26)15-8-9-20-21(12-15)28-11-10-27-20/h4-9,12,14,19,22H,10-11,13H2,1-3H3/t19-/m1/s1. The van der Waals surface area contributed by atoms with E-state index in [1.807, 2.05) is 38.2 Å². The monoisotopic (exact) mass is 415 g/mol. The van der Waals surface area contributed by atoms with Crippen molar-refractivity contribution in [1.82, 2.24) is 14.2 Å². The topological polar surface area (TPSA) is 72.8 Å². The number of hydrogen-bond donors (Lipinski definition) is 1. The molecule has 7 nitrogen and oxygen atoms in total. The number of para-hydroxylation sites is 1. The molecule has 29 heavy (non-hydrogen) atoms. The SMILES string of the molecule is CN(C)[C@H](CNS(=O)(=O)c1ccc2c(c1)OCCO2)c1cn(C)c2ccccc12. The number of aryl methyl sites for hydroxylation is 1. The Morgan fingerprint density at radius 3 is 2.59 bits per heavy atom. The van der Waals surface area contributed by atoms with Gasteiger partial charge in [-0.15, -0.1) is 0 Å². The minimum Gasteiger partial charge on any atom is -0.486 e. The lowest BCUT2D eigenvalue weighted by molar-refractivity contribution is 0.171. The highest BCUT2D eigenvalue weighted by atomic mass is 32.2. The van der Waals surface area contributed by atoms with Crippen molar-refractivity contribution in [1.29, 1.82) is 0 Å².